The highest BCUT2D eigenvalue weighted by molar-refractivity contribution is 6.05. The van der Waals surface area contributed by atoms with Gasteiger partial charge in [0.2, 0.25) is 5.91 Å². The molecule has 0 aliphatic heterocycles. The van der Waals surface area contributed by atoms with Crippen LogP contribution in [-0.2, 0) is 23.9 Å². The van der Waals surface area contributed by atoms with E-state index < -0.39 is 41.4 Å². The highest BCUT2D eigenvalue weighted by Crippen LogP contribution is 2.08. The van der Waals surface area contributed by atoms with E-state index in [4.69, 9.17) is 4.74 Å². The molecule has 8 heteroatoms. The standard InChI is InChI=1S/C15H26N2O6/c1-7-8-10(16-14(21)23-15(3,4)5)12(19)17-11(9(2)18)13(20)22-6/h10-11H,7-8H2,1-6H3,(H,16,21)(H,17,19)/t10-,11-/m0/s1. The molecule has 0 aromatic carbocycles. The quantitative estimate of drug-likeness (QED) is 0.530. The second-order valence-corrected chi connectivity index (χ2v) is 6.06. The molecule has 23 heavy (non-hydrogen) atoms. The van der Waals surface area contributed by atoms with Crippen molar-refractivity contribution >= 4 is 23.8 Å². The predicted molar refractivity (Wildman–Crippen MR) is 82.7 cm³/mol. The first kappa shape index (κ1) is 20.9. The lowest BCUT2D eigenvalue weighted by molar-refractivity contribution is -0.148. The van der Waals surface area contributed by atoms with Crippen LogP contribution < -0.4 is 10.6 Å². The number of Topliss-reactive ketones (excluding diaryl/α,β-unsaturated/α-hetero) is 1. The number of methoxy groups -OCH3 is 1. The van der Waals surface area contributed by atoms with Crippen LogP contribution in [0.15, 0.2) is 0 Å². The Labute approximate surface area is 136 Å². The topological polar surface area (TPSA) is 111 Å². The lowest BCUT2D eigenvalue weighted by atomic mass is 10.1. The summed E-state index contributed by atoms with van der Waals surface area (Å²) in [5.74, 6) is -2.07. The van der Waals surface area contributed by atoms with E-state index >= 15 is 0 Å². The molecule has 0 unspecified atom stereocenters. The van der Waals surface area contributed by atoms with Gasteiger partial charge < -0.3 is 20.1 Å². The Bertz CT molecular complexity index is 455. The molecule has 0 saturated heterocycles. The molecule has 0 aliphatic rings. The molecule has 0 bridgehead atoms. The van der Waals surface area contributed by atoms with Gasteiger partial charge in [-0.2, -0.15) is 0 Å². The maximum Gasteiger partial charge on any atom is 0.408 e. The average molecular weight is 330 g/mol. The summed E-state index contributed by atoms with van der Waals surface area (Å²) in [5.41, 5.74) is -0.703. The second kappa shape index (κ2) is 9.12. The predicted octanol–water partition coefficient (Wildman–Crippen LogP) is 0.927. The van der Waals surface area contributed by atoms with E-state index in [1.54, 1.807) is 20.8 Å². The van der Waals surface area contributed by atoms with Crippen LogP contribution in [-0.4, -0.2) is 48.5 Å². The number of ether oxygens (including phenoxy) is 2. The van der Waals surface area contributed by atoms with Gasteiger partial charge in [-0.15, -0.1) is 0 Å². The maximum absolute atomic E-state index is 12.2. The van der Waals surface area contributed by atoms with Crippen LogP contribution in [0.3, 0.4) is 0 Å². The number of nitrogens with one attached hydrogen (secondary N) is 2. The molecule has 0 fully saturated rings. The molecule has 0 aliphatic carbocycles. The van der Waals surface area contributed by atoms with E-state index in [0.717, 1.165) is 14.0 Å². The summed E-state index contributed by atoms with van der Waals surface area (Å²) in [6.45, 7) is 8.09. The molecule has 0 saturated carbocycles. The van der Waals surface area contributed by atoms with E-state index in [0.29, 0.717) is 12.8 Å². The zero-order valence-electron chi connectivity index (χ0n) is 14.5. The van der Waals surface area contributed by atoms with E-state index in [1.807, 2.05) is 6.92 Å². The van der Waals surface area contributed by atoms with Gasteiger partial charge in [-0.25, -0.2) is 9.59 Å². The van der Waals surface area contributed by atoms with Crippen molar-refractivity contribution in [2.45, 2.75) is 65.1 Å². The number of ketones is 1. The molecule has 0 aromatic heterocycles. The third-order valence-electron chi connectivity index (χ3n) is 2.71. The Morgan fingerprint density at radius 3 is 2.04 bits per heavy atom. The van der Waals surface area contributed by atoms with Gasteiger partial charge in [0.25, 0.3) is 0 Å². The number of alkyl carbamates (subject to hydrolysis) is 1. The summed E-state index contributed by atoms with van der Waals surface area (Å²) in [5, 5.41) is 4.73. The summed E-state index contributed by atoms with van der Waals surface area (Å²) in [7, 11) is 1.12. The van der Waals surface area contributed by atoms with Gasteiger partial charge in [-0.05, 0) is 34.1 Å². The van der Waals surface area contributed by atoms with Crippen LogP contribution in [0.4, 0.5) is 4.79 Å². The molecule has 8 nitrogen and oxygen atoms in total. The minimum Gasteiger partial charge on any atom is -0.467 e. The highest BCUT2D eigenvalue weighted by Gasteiger charge is 2.30. The lowest BCUT2D eigenvalue weighted by Crippen LogP contribution is -2.54. The number of carbonyl (C=O) groups excluding carboxylic acids is 4. The van der Waals surface area contributed by atoms with Crippen LogP contribution in [0.5, 0.6) is 0 Å². The van der Waals surface area contributed by atoms with Crippen LogP contribution in [0.2, 0.25) is 0 Å². The Kier molecular flexibility index (Phi) is 8.28. The Morgan fingerprint density at radius 2 is 1.65 bits per heavy atom. The van der Waals surface area contributed by atoms with E-state index in [2.05, 4.69) is 15.4 Å². The van der Waals surface area contributed by atoms with Crippen LogP contribution in [0.25, 0.3) is 0 Å². The average Bonchev–Trinajstić information content (AvgIpc) is 2.40. The third-order valence-corrected chi connectivity index (χ3v) is 2.71. The molecule has 2 atom stereocenters. The SMILES string of the molecule is CCC[C@H](NC(=O)OC(C)(C)C)C(=O)N[C@@H](C(C)=O)C(=O)OC. The first-order valence-corrected chi connectivity index (χ1v) is 7.40. The van der Waals surface area contributed by atoms with Crippen molar-refractivity contribution in [2.24, 2.45) is 0 Å². The summed E-state index contributed by atoms with van der Waals surface area (Å²) in [4.78, 5) is 47.0. The molecule has 0 aromatic rings. The third kappa shape index (κ3) is 8.18. The van der Waals surface area contributed by atoms with Gasteiger partial charge in [0.15, 0.2) is 11.8 Å². The number of hydrogen-bond donors (Lipinski definition) is 2. The van der Waals surface area contributed by atoms with E-state index in [1.165, 1.54) is 0 Å². The zero-order chi connectivity index (χ0) is 18.2. The van der Waals surface area contributed by atoms with Gasteiger partial charge in [0.1, 0.15) is 11.6 Å². The fourth-order valence-electron chi connectivity index (χ4n) is 1.69. The number of amides is 2. The highest BCUT2D eigenvalue weighted by atomic mass is 16.6. The van der Waals surface area contributed by atoms with E-state index in [-0.39, 0.29) is 0 Å². The summed E-state index contributed by atoms with van der Waals surface area (Å²) in [6, 6.07) is -2.31. The molecule has 0 spiro atoms. The summed E-state index contributed by atoms with van der Waals surface area (Å²) in [6.07, 6.45) is 0.191. The molecule has 2 amide bonds. The summed E-state index contributed by atoms with van der Waals surface area (Å²) < 4.78 is 9.57. The minimum absolute atomic E-state index is 0.330. The van der Waals surface area contributed by atoms with Gasteiger partial charge in [0.05, 0.1) is 7.11 Å². The van der Waals surface area contributed by atoms with Crippen molar-refractivity contribution < 1.29 is 28.7 Å². The Hall–Kier alpha value is -2.12. The molecule has 2 N–H and O–H groups in total. The largest absolute Gasteiger partial charge is 0.467 e. The first-order valence-electron chi connectivity index (χ1n) is 7.40. The van der Waals surface area contributed by atoms with Crippen molar-refractivity contribution in [3.63, 3.8) is 0 Å². The summed E-state index contributed by atoms with van der Waals surface area (Å²) >= 11 is 0. The molecular formula is C15H26N2O6. The van der Waals surface area contributed by atoms with Gasteiger partial charge >= 0.3 is 12.1 Å². The lowest BCUT2D eigenvalue weighted by Gasteiger charge is -2.24. The van der Waals surface area contributed by atoms with Crippen molar-refractivity contribution in [1.82, 2.24) is 10.6 Å². The number of hydrogen-bond acceptors (Lipinski definition) is 6. The van der Waals surface area contributed by atoms with Crippen molar-refractivity contribution in [3.8, 4) is 0 Å². The molecule has 0 heterocycles. The Morgan fingerprint density at radius 1 is 1.09 bits per heavy atom. The smallest absolute Gasteiger partial charge is 0.408 e. The second-order valence-electron chi connectivity index (χ2n) is 6.06. The van der Waals surface area contributed by atoms with Crippen molar-refractivity contribution in [2.75, 3.05) is 7.11 Å². The van der Waals surface area contributed by atoms with Crippen molar-refractivity contribution in [1.29, 1.82) is 0 Å². The van der Waals surface area contributed by atoms with E-state index in [9.17, 15) is 19.2 Å². The normalized spacial score (nSPS) is 13.5. The van der Waals surface area contributed by atoms with Crippen LogP contribution in [0.1, 0.15) is 47.5 Å². The zero-order valence-corrected chi connectivity index (χ0v) is 14.5. The number of rotatable bonds is 7. The van der Waals surface area contributed by atoms with Crippen LogP contribution >= 0.6 is 0 Å². The fraction of sp³-hybridized carbons (Fsp3) is 0.733. The monoisotopic (exact) mass is 330 g/mol. The van der Waals surface area contributed by atoms with Crippen molar-refractivity contribution in [3.05, 3.63) is 0 Å². The van der Waals surface area contributed by atoms with Gasteiger partial charge in [-0.1, -0.05) is 13.3 Å². The van der Waals surface area contributed by atoms with Gasteiger partial charge in [-0.3, -0.25) is 9.59 Å². The minimum atomic E-state index is -1.40. The maximum atomic E-state index is 12.2. The Balaban J connectivity index is 4.94. The number of esters is 1. The fourth-order valence-corrected chi connectivity index (χ4v) is 1.69. The molecule has 0 radical (unpaired) electrons. The van der Waals surface area contributed by atoms with Gasteiger partial charge in [0, 0.05) is 0 Å². The first-order chi connectivity index (χ1) is 10.5. The number of carbonyl (C=O) groups is 4. The molecule has 132 valence electrons. The molecule has 0 rings (SSSR count). The molecular weight excluding hydrogens is 304 g/mol. The van der Waals surface area contributed by atoms with Crippen LogP contribution in [0, 0.1) is 0 Å².